The number of piperidine rings is 1. The summed E-state index contributed by atoms with van der Waals surface area (Å²) < 4.78 is 6.01. The van der Waals surface area contributed by atoms with Crippen LogP contribution >= 0.6 is 0 Å². The molecule has 0 bridgehead atoms. The van der Waals surface area contributed by atoms with Crippen LogP contribution in [0.25, 0.3) is 0 Å². The van der Waals surface area contributed by atoms with Crippen molar-refractivity contribution in [1.29, 1.82) is 0 Å². The first kappa shape index (κ1) is 16.3. The maximum Gasteiger partial charge on any atom is 0.0702 e. The van der Waals surface area contributed by atoms with Gasteiger partial charge in [-0.3, -0.25) is 4.90 Å². The van der Waals surface area contributed by atoms with Gasteiger partial charge in [0, 0.05) is 25.2 Å². The Balaban J connectivity index is 1.86. The second-order valence-corrected chi connectivity index (χ2v) is 6.54. The molecule has 2 aliphatic rings. The van der Waals surface area contributed by atoms with E-state index in [0.717, 1.165) is 25.6 Å². The van der Waals surface area contributed by atoms with Gasteiger partial charge in [-0.05, 0) is 51.6 Å². The van der Waals surface area contributed by atoms with E-state index in [1.165, 1.54) is 58.0 Å². The van der Waals surface area contributed by atoms with Crippen molar-refractivity contribution >= 4 is 0 Å². The summed E-state index contributed by atoms with van der Waals surface area (Å²) in [7, 11) is 0. The number of nitrogens with zero attached hydrogens (tertiary/aromatic N) is 1. The van der Waals surface area contributed by atoms with E-state index in [4.69, 9.17) is 4.74 Å². The molecule has 1 saturated heterocycles. The van der Waals surface area contributed by atoms with Crippen LogP contribution in [0.1, 0.15) is 65.2 Å². The Hall–Kier alpha value is -0.120. The summed E-state index contributed by atoms with van der Waals surface area (Å²) in [6.45, 7) is 9.01. The average Bonchev–Trinajstić information content (AvgIpc) is 2.51. The number of ether oxygens (including phenoxy) is 1. The molecule has 0 radical (unpaired) electrons. The standard InChI is InChI=1S/C17H34N2O/c1-3-11-18-16-9-5-6-10-17(16)19-12-7-8-15(14-19)20-13-4-2/h15-18H,3-14H2,1-2H3. The lowest BCUT2D eigenvalue weighted by Gasteiger charge is -2.44. The zero-order valence-corrected chi connectivity index (χ0v) is 13.6. The van der Waals surface area contributed by atoms with Crippen LogP contribution in [0.4, 0.5) is 0 Å². The Labute approximate surface area is 125 Å². The summed E-state index contributed by atoms with van der Waals surface area (Å²) in [4.78, 5) is 2.73. The summed E-state index contributed by atoms with van der Waals surface area (Å²) in [5.74, 6) is 0. The molecule has 1 heterocycles. The topological polar surface area (TPSA) is 24.5 Å². The SMILES string of the molecule is CCCNC1CCCCC1N1CCCC(OCCC)C1. The molecule has 0 aromatic carbocycles. The van der Waals surface area contributed by atoms with Gasteiger partial charge in [0.15, 0.2) is 0 Å². The molecule has 20 heavy (non-hydrogen) atoms. The molecule has 2 fully saturated rings. The van der Waals surface area contributed by atoms with Crippen LogP contribution in [0.5, 0.6) is 0 Å². The van der Waals surface area contributed by atoms with Gasteiger partial charge in [-0.25, -0.2) is 0 Å². The smallest absolute Gasteiger partial charge is 0.0702 e. The van der Waals surface area contributed by atoms with E-state index >= 15 is 0 Å². The predicted octanol–water partition coefficient (Wildman–Crippen LogP) is 3.19. The lowest BCUT2D eigenvalue weighted by molar-refractivity contribution is -0.0225. The summed E-state index contributed by atoms with van der Waals surface area (Å²) in [6, 6.07) is 1.47. The summed E-state index contributed by atoms with van der Waals surface area (Å²) in [6.07, 6.45) is 11.0. The highest BCUT2D eigenvalue weighted by Gasteiger charge is 2.32. The van der Waals surface area contributed by atoms with Crippen LogP contribution < -0.4 is 5.32 Å². The zero-order valence-electron chi connectivity index (χ0n) is 13.6. The average molecular weight is 282 g/mol. The number of hydrogen-bond acceptors (Lipinski definition) is 3. The normalized spacial score (nSPS) is 32.4. The van der Waals surface area contributed by atoms with Gasteiger partial charge in [0.2, 0.25) is 0 Å². The van der Waals surface area contributed by atoms with Crippen molar-refractivity contribution in [2.75, 3.05) is 26.2 Å². The number of hydrogen-bond donors (Lipinski definition) is 1. The van der Waals surface area contributed by atoms with Gasteiger partial charge in [-0.15, -0.1) is 0 Å². The minimum Gasteiger partial charge on any atom is -0.377 e. The monoisotopic (exact) mass is 282 g/mol. The highest BCUT2D eigenvalue weighted by Crippen LogP contribution is 2.26. The molecular formula is C17H34N2O. The fraction of sp³-hybridized carbons (Fsp3) is 1.00. The van der Waals surface area contributed by atoms with Gasteiger partial charge in [0.25, 0.3) is 0 Å². The van der Waals surface area contributed by atoms with Gasteiger partial charge < -0.3 is 10.1 Å². The highest BCUT2D eigenvalue weighted by atomic mass is 16.5. The molecule has 3 nitrogen and oxygen atoms in total. The molecular weight excluding hydrogens is 248 g/mol. The van der Waals surface area contributed by atoms with Gasteiger partial charge in [-0.2, -0.15) is 0 Å². The summed E-state index contributed by atoms with van der Waals surface area (Å²) in [5.41, 5.74) is 0. The van der Waals surface area contributed by atoms with E-state index in [-0.39, 0.29) is 0 Å². The number of nitrogens with one attached hydrogen (secondary N) is 1. The van der Waals surface area contributed by atoms with Crippen molar-refractivity contribution < 1.29 is 4.74 Å². The molecule has 1 saturated carbocycles. The van der Waals surface area contributed by atoms with Crippen LogP contribution in [0, 0.1) is 0 Å². The second-order valence-electron chi connectivity index (χ2n) is 6.54. The van der Waals surface area contributed by atoms with E-state index in [1.54, 1.807) is 0 Å². The Morgan fingerprint density at radius 1 is 1.05 bits per heavy atom. The van der Waals surface area contributed by atoms with Gasteiger partial charge >= 0.3 is 0 Å². The Morgan fingerprint density at radius 3 is 2.70 bits per heavy atom. The lowest BCUT2D eigenvalue weighted by Crippen LogP contribution is -2.55. The van der Waals surface area contributed by atoms with Crippen molar-refractivity contribution in [3.63, 3.8) is 0 Å². The van der Waals surface area contributed by atoms with Crippen molar-refractivity contribution in [3.8, 4) is 0 Å². The zero-order chi connectivity index (χ0) is 14.2. The van der Waals surface area contributed by atoms with Gasteiger partial charge in [-0.1, -0.05) is 26.7 Å². The van der Waals surface area contributed by atoms with Crippen LogP contribution in [0.15, 0.2) is 0 Å². The Kier molecular flexibility index (Phi) is 7.32. The summed E-state index contributed by atoms with van der Waals surface area (Å²) in [5, 5.41) is 3.79. The van der Waals surface area contributed by atoms with E-state index in [9.17, 15) is 0 Å². The minimum atomic E-state index is 0.484. The van der Waals surface area contributed by atoms with Crippen LogP contribution in [0.2, 0.25) is 0 Å². The summed E-state index contributed by atoms with van der Waals surface area (Å²) >= 11 is 0. The van der Waals surface area contributed by atoms with Gasteiger partial charge in [0.05, 0.1) is 6.10 Å². The minimum absolute atomic E-state index is 0.484. The van der Waals surface area contributed by atoms with Crippen molar-refractivity contribution in [1.82, 2.24) is 10.2 Å². The third kappa shape index (κ3) is 4.71. The molecule has 1 aliphatic heterocycles. The first-order valence-corrected chi connectivity index (χ1v) is 8.94. The molecule has 2 rings (SSSR count). The van der Waals surface area contributed by atoms with E-state index in [0.29, 0.717) is 12.1 Å². The highest BCUT2D eigenvalue weighted by molar-refractivity contribution is 4.90. The maximum atomic E-state index is 6.01. The van der Waals surface area contributed by atoms with Crippen molar-refractivity contribution in [2.24, 2.45) is 0 Å². The Bertz CT molecular complexity index is 259. The first-order chi connectivity index (χ1) is 9.85. The van der Waals surface area contributed by atoms with Crippen LogP contribution in [-0.2, 0) is 4.74 Å². The maximum absolute atomic E-state index is 6.01. The van der Waals surface area contributed by atoms with Crippen LogP contribution in [-0.4, -0.2) is 49.3 Å². The van der Waals surface area contributed by atoms with Crippen molar-refractivity contribution in [2.45, 2.75) is 83.4 Å². The van der Waals surface area contributed by atoms with E-state index in [1.807, 2.05) is 0 Å². The Morgan fingerprint density at radius 2 is 1.90 bits per heavy atom. The predicted molar refractivity (Wildman–Crippen MR) is 85.2 cm³/mol. The quantitative estimate of drug-likeness (QED) is 0.776. The largest absolute Gasteiger partial charge is 0.377 e. The molecule has 1 aliphatic carbocycles. The van der Waals surface area contributed by atoms with Gasteiger partial charge in [0.1, 0.15) is 0 Å². The molecule has 3 heteroatoms. The molecule has 3 atom stereocenters. The molecule has 1 N–H and O–H groups in total. The third-order valence-corrected chi connectivity index (χ3v) is 4.82. The fourth-order valence-electron chi connectivity index (χ4n) is 3.80. The molecule has 0 aromatic heterocycles. The van der Waals surface area contributed by atoms with E-state index in [2.05, 4.69) is 24.1 Å². The first-order valence-electron chi connectivity index (χ1n) is 8.94. The fourth-order valence-corrected chi connectivity index (χ4v) is 3.80. The molecule has 0 spiro atoms. The number of rotatable bonds is 7. The third-order valence-electron chi connectivity index (χ3n) is 4.82. The second kappa shape index (κ2) is 9.01. The molecule has 3 unspecified atom stereocenters. The van der Waals surface area contributed by atoms with Crippen LogP contribution in [0.3, 0.4) is 0 Å². The lowest BCUT2D eigenvalue weighted by atomic mass is 9.87. The van der Waals surface area contributed by atoms with E-state index < -0.39 is 0 Å². The number of likely N-dealkylation sites (tertiary alicyclic amines) is 1. The van der Waals surface area contributed by atoms with Crippen molar-refractivity contribution in [3.05, 3.63) is 0 Å². The molecule has 0 amide bonds. The molecule has 0 aromatic rings. The molecule has 118 valence electrons.